The highest BCUT2D eigenvalue weighted by atomic mass is 16.7. The summed E-state index contributed by atoms with van der Waals surface area (Å²) < 4.78 is 10.9. The fraction of sp³-hybridized carbons (Fsp3) is 0.636. The summed E-state index contributed by atoms with van der Waals surface area (Å²) in [4.78, 5) is 16.6. The Hall–Kier alpha value is -2.46. The van der Waals surface area contributed by atoms with Crippen LogP contribution in [0.25, 0.3) is 0 Å². The second-order valence-corrected chi connectivity index (χ2v) is 8.27. The van der Waals surface area contributed by atoms with Crippen molar-refractivity contribution in [2.45, 2.75) is 44.6 Å². The Labute approximate surface area is 172 Å². The molecule has 0 spiro atoms. The molecule has 156 valence electrons. The first-order chi connectivity index (χ1) is 14.2. The number of ether oxygens (including phenoxy) is 2. The SMILES string of the molecule is N#CCC(=O)NC1CCC(CCN2CCN(c3ccc4c(c3)OCO4)CC2)CC1. The van der Waals surface area contributed by atoms with Crippen molar-refractivity contribution in [3.63, 3.8) is 0 Å². The monoisotopic (exact) mass is 398 g/mol. The van der Waals surface area contributed by atoms with Crippen LogP contribution in [0.5, 0.6) is 11.5 Å². The fourth-order valence-corrected chi connectivity index (χ4v) is 4.62. The molecular formula is C22H30N4O3. The average molecular weight is 399 g/mol. The van der Waals surface area contributed by atoms with Gasteiger partial charge in [0.15, 0.2) is 11.5 Å². The molecule has 2 fully saturated rings. The lowest BCUT2D eigenvalue weighted by atomic mass is 9.84. The van der Waals surface area contributed by atoms with E-state index in [0.717, 1.165) is 63.0 Å². The molecule has 2 aliphatic heterocycles. The second-order valence-electron chi connectivity index (χ2n) is 8.27. The van der Waals surface area contributed by atoms with Crippen LogP contribution in [0.2, 0.25) is 0 Å². The van der Waals surface area contributed by atoms with Crippen LogP contribution < -0.4 is 19.7 Å². The quantitative estimate of drug-likeness (QED) is 0.793. The number of hydrogen-bond donors (Lipinski definition) is 1. The van der Waals surface area contributed by atoms with Gasteiger partial charge in [-0.3, -0.25) is 9.69 Å². The highest BCUT2D eigenvalue weighted by Crippen LogP contribution is 2.35. The summed E-state index contributed by atoms with van der Waals surface area (Å²) in [5.74, 6) is 2.32. The maximum atomic E-state index is 11.6. The predicted octanol–water partition coefficient (Wildman–Crippen LogP) is 2.52. The van der Waals surface area contributed by atoms with Crippen LogP contribution >= 0.6 is 0 Å². The summed E-state index contributed by atoms with van der Waals surface area (Å²) in [6.45, 7) is 5.74. The number of piperazine rings is 1. The third-order valence-corrected chi connectivity index (χ3v) is 6.40. The van der Waals surface area contributed by atoms with Gasteiger partial charge in [0.05, 0.1) is 6.07 Å². The van der Waals surface area contributed by atoms with Crippen LogP contribution in [0, 0.1) is 17.2 Å². The molecule has 0 bridgehead atoms. The molecule has 4 rings (SSSR count). The zero-order chi connectivity index (χ0) is 20.1. The first-order valence-corrected chi connectivity index (χ1v) is 10.7. The number of nitrogens with zero attached hydrogens (tertiary/aromatic N) is 3. The Kier molecular flexibility index (Phi) is 6.40. The number of carbonyl (C=O) groups is 1. The van der Waals surface area contributed by atoms with Gasteiger partial charge in [-0.25, -0.2) is 0 Å². The van der Waals surface area contributed by atoms with Crippen molar-refractivity contribution in [3.8, 4) is 17.6 Å². The lowest BCUT2D eigenvalue weighted by Crippen LogP contribution is -2.47. The number of amides is 1. The van der Waals surface area contributed by atoms with Gasteiger partial charge in [0.25, 0.3) is 0 Å². The number of hydrogen-bond acceptors (Lipinski definition) is 6. The van der Waals surface area contributed by atoms with Gasteiger partial charge in [-0.15, -0.1) is 0 Å². The van der Waals surface area contributed by atoms with Crippen LogP contribution in [0.3, 0.4) is 0 Å². The van der Waals surface area contributed by atoms with Crippen molar-refractivity contribution in [1.29, 1.82) is 5.26 Å². The Morgan fingerprint density at radius 2 is 1.86 bits per heavy atom. The fourth-order valence-electron chi connectivity index (χ4n) is 4.62. The molecular weight excluding hydrogens is 368 g/mol. The number of anilines is 1. The first-order valence-electron chi connectivity index (χ1n) is 10.7. The molecule has 1 aliphatic carbocycles. The lowest BCUT2D eigenvalue weighted by molar-refractivity contribution is -0.121. The third kappa shape index (κ3) is 5.13. The highest BCUT2D eigenvalue weighted by Gasteiger charge is 2.24. The molecule has 1 amide bonds. The van der Waals surface area contributed by atoms with E-state index in [4.69, 9.17) is 14.7 Å². The smallest absolute Gasteiger partial charge is 0.234 e. The van der Waals surface area contributed by atoms with E-state index in [1.165, 1.54) is 24.9 Å². The topological polar surface area (TPSA) is 77.8 Å². The average Bonchev–Trinajstić information content (AvgIpc) is 3.22. The van der Waals surface area contributed by atoms with Crippen LogP contribution in [0.1, 0.15) is 38.5 Å². The molecule has 2 heterocycles. The van der Waals surface area contributed by atoms with E-state index in [0.29, 0.717) is 6.79 Å². The maximum Gasteiger partial charge on any atom is 0.234 e. The Morgan fingerprint density at radius 3 is 2.62 bits per heavy atom. The zero-order valence-corrected chi connectivity index (χ0v) is 16.9. The van der Waals surface area contributed by atoms with Crippen molar-refractivity contribution in [3.05, 3.63) is 18.2 Å². The molecule has 1 N–H and O–H groups in total. The third-order valence-electron chi connectivity index (χ3n) is 6.40. The van der Waals surface area contributed by atoms with Crippen LogP contribution in [0.4, 0.5) is 5.69 Å². The number of nitrogens with one attached hydrogen (secondary N) is 1. The summed E-state index contributed by atoms with van der Waals surface area (Å²) in [5.41, 5.74) is 1.21. The van der Waals surface area contributed by atoms with Gasteiger partial charge in [-0.1, -0.05) is 0 Å². The van der Waals surface area contributed by atoms with Crippen LogP contribution in [-0.2, 0) is 4.79 Å². The summed E-state index contributed by atoms with van der Waals surface area (Å²) >= 11 is 0. The molecule has 0 radical (unpaired) electrons. The molecule has 7 nitrogen and oxygen atoms in total. The number of nitriles is 1. The number of carbonyl (C=O) groups excluding carboxylic acids is 1. The minimum absolute atomic E-state index is 0.0296. The van der Waals surface area contributed by atoms with Crippen LogP contribution in [-0.4, -0.2) is 56.4 Å². The molecule has 1 saturated heterocycles. The summed E-state index contributed by atoms with van der Waals surface area (Å²) in [6, 6.07) is 8.39. The van der Waals surface area contributed by atoms with E-state index in [9.17, 15) is 4.79 Å². The molecule has 29 heavy (non-hydrogen) atoms. The summed E-state index contributed by atoms with van der Waals surface area (Å²) in [7, 11) is 0. The van der Waals surface area contributed by atoms with E-state index < -0.39 is 0 Å². The second kappa shape index (κ2) is 9.36. The van der Waals surface area contributed by atoms with Crippen molar-refractivity contribution in [1.82, 2.24) is 10.2 Å². The van der Waals surface area contributed by atoms with Gasteiger partial charge < -0.3 is 19.7 Å². The molecule has 7 heteroatoms. The van der Waals surface area contributed by atoms with Crippen molar-refractivity contribution in [2.24, 2.45) is 5.92 Å². The zero-order valence-electron chi connectivity index (χ0n) is 16.9. The normalized spacial score (nSPS) is 24.2. The molecule has 0 aromatic heterocycles. The molecule has 1 saturated carbocycles. The van der Waals surface area contributed by atoms with Crippen molar-refractivity contribution in [2.75, 3.05) is 44.4 Å². The van der Waals surface area contributed by atoms with Gasteiger partial charge >= 0.3 is 0 Å². The summed E-state index contributed by atoms with van der Waals surface area (Å²) in [5, 5.41) is 11.6. The van der Waals surface area contributed by atoms with E-state index in [-0.39, 0.29) is 18.4 Å². The van der Waals surface area contributed by atoms with Gasteiger partial charge in [-0.2, -0.15) is 5.26 Å². The number of benzene rings is 1. The molecule has 0 atom stereocenters. The van der Waals surface area contributed by atoms with Crippen LogP contribution in [0.15, 0.2) is 18.2 Å². The first kappa shape index (κ1) is 19.8. The van der Waals surface area contributed by atoms with Gasteiger partial charge in [0.2, 0.25) is 12.7 Å². The predicted molar refractivity (Wildman–Crippen MR) is 110 cm³/mol. The minimum atomic E-state index is -0.128. The maximum absolute atomic E-state index is 11.6. The Bertz CT molecular complexity index is 747. The van der Waals surface area contributed by atoms with Crippen molar-refractivity contribution < 1.29 is 14.3 Å². The van der Waals surface area contributed by atoms with Gasteiger partial charge in [-0.05, 0) is 56.7 Å². The van der Waals surface area contributed by atoms with E-state index in [2.05, 4.69) is 27.2 Å². The molecule has 3 aliphatic rings. The van der Waals surface area contributed by atoms with E-state index in [1.54, 1.807) is 0 Å². The number of fused-ring (bicyclic) bond motifs is 1. The number of rotatable bonds is 6. The lowest BCUT2D eigenvalue weighted by Gasteiger charge is -2.37. The minimum Gasteiger partial charge on any atom is -0.454 e. The van der Waals surface area contributed by atoms with Crippen molar-refractivity contribution >= 4 is 11.6 Å². The van der Waals surface area contributed by atoms with E-state index in [1.807, 2.05) is 12.1 Å². The van der Waals surface area contributed by atoms with Gasteiger partial charge in [0.1, 0.15) is 6.42 Å². The van der Waals surface area contributed by atoms with E-state index >= 15 is 0 Å². The highest BCUT2D eigenvalue weighted by molar-refractivity contribution is 5.78. The molecule has 0 unspecified atom stereocenters. The summed E-state index contributed by atoms with van der Waals surface area (Å²) in [6.07, 6.45) is 5.64. The largest absolute Gasteiger partial charge is 0.454 e. The molecule has 1 aromatic rings. The van der Waals surface area contributed by atoms with Gasteiger partial charge in [0, 0.05) is 44.0 Å². The standard InChI is InChI=1S/C22H30N4O3/c23-9-7-22(27)24-18-3-1-17(2-4-18)8-10-25-11-13-26(14-12-25)19-5-6-20-21(15-19)29-16-28-20/h5-6,15,17-18H,1-4,7-8,10-14,16H2,(H,24,27). The molecule has 1 aromatic carbocycles. The Balaban J connectivity index is 1.15. The Morgan fingerprint density at radius 1 is 1.10 bits per heavy atom.